The van der Waals surface area contributed by atoms with Crippen LogP contribution in [0.2, 0.25) is 0 Å². The number of hydrogen-bond donors (Lipinski definition) is 2. The molecule has 0 aliphatic heterocycles. The molecule has 2 nitrogen and oxygen atoms in total. The maximum Gasteiger partial charge on any atom is 0.0647 e. The zero-order chi connectivity index (χ0) is 8.10. The molecule has 0 saturated carbocycles. The number of nitrogens with two attached hydrogens (primary N) is 1. The maximum atomic E-state index is 5.54. The summed E-state index contributed by atoms with van der Waals surface area (Å²) in [6.45, 7) is 0. The Labute approximate surface area is 71.6 Å². The lowest BCUT2D eigenvalue weighted by molar-refractivity contribution is 1.30. The summed E-state index contributed by atoms with van der Waals surface area (Å²) in [6, 6.07) is 3.58. The summed E-state index contributed by atoms with van der Waals surface area (Å²) >= 11 is 4.03. The zero-order valence-electron chi connectivity index (χ0n) is 6.07. The average Bonchev–Trinajstić information content (AvgIpc) is 2.01. The molecule has 0 bridgehead atoms. The van der Waals surface area contributed by atoms with E-state index in [9.17, 15) is 0 Å². The summed E-state index contributed by atoms with van der Waals surface area (Å²) in [5.41, 5.74) is 7.15. The SMILES string of the molecule is Nc1ccnc(C=CCS)c1. The second-order valence-electron chi connectivity index (χ2n) is 2.10. The molecule has 0 atom stereocenters. The second-order valence-corrected chi connectivity index (χ2v) is 2.46. The van der Waals surface area contributed by atoms with Crippen molar-refractivity contribution in [3.8, 4) is 0 Å². The van der Waals surface area contributed by atoms with E-state index < -0.39 is 0 Å². The molecule has 11 heavy (non-hydrogen) atoms. The van der Waals surface area contributed by atoms with Crippen molar-refractivity contribution >= 4 is 24.4 Å². The van der Waals surface area contributed by atoms with Gasteiger partial charge in [-0.05, 0) is 18.2 Å². The number of nitrogen functional groups attached to an aromatic ring is 1. The second kappa shape index (κ2) is 4.03. The van der Waals surface area contributed by atoms with E-state index in [4.69, 9.17) is 5.73 Å². The molecule has 0 fully saturated rings. The Morgan fingerprint density at radius 2 is 2.45 bits per heavy atom. The molecule has 0 radical (unpaired) electrons. The van der Waals surface area contributed by atoms with E-state index in [0.29, 0.717) is 0 Å². The molecule has 1 aromatic rings. The number of aromatic nitrogens is 1. The molecular formula is C8H10N2S. The standard InChI is InChI=1S/C8H10N2S/c9-7-3-4-10-8(6-7)2-1-5-11/h1-4,6,11H,5H2,(H2,9,10). The summed E-state index contributed by atoms with van der Waals surface area (Å²) in [6.07, 6.45) is 5.50. The maximum absolute atomic E-state index is 5.54. The van der Waals surface area contributed by atoms with E-state index in [2.05, 4.69) is 17.6 Å². The normalized spacial score (nSPS) is 10.6. The summed E-state index contributed by atoms with van der Waals surface area (Å²) in [5.74, 6) is 0.719. The molecule has 2 N–H and O–H groups in total. The number of hydrogen-bond acceptors (Lipinski definition) is 3. The van der Waals surface area contributed by atoms with E-state index >= 15 is 0 Å². The van der Waals surface area contributed by atoms with E-state index in [0.717, 1.165) is 17.1 Å². The van der Waals surface area contributed by atoms with Crippen molar-refractivity contribution in [1.82, 2.24) is 4.98 Å². The molecule has 3 heteroatoms. The minimum Gasteiger partial charge on any atom is -0.399 e. The zero-order valence-corrected chi connectivity index (χ0v) is 6.96. The van der Waals surface area contributed by atoms with Gasteiger partial charge in [0.05, 0.1) is 5.69 Å². The van der Waals surface area contributed by atoms with Gasteiger partial charge in [-0.25, -0.2) is 0 Å². The highest BCUT2D eigenvalue weighted by molar-refractivity contribution is 7.80. The van der Waals surface area contributed by atoms with Crippen molar-refractivity contribution in [3.05, 3.63) is 30.1 Å². The van der Waals surface area contributed by atoms with E-state index in [1.54, 1.807) is 12.3 Å². The Morgan fingerprint density at radius 3 is 3.09 bits per heavy atom. The van der Waals surface area contributed by atoms with E-state index in [1.807, 2.05) is 18.2 Å². The van der Waals surface area contributed by atoms with Crippen LogP contribution in [0.5, 0.6) is 0 Å². The molecule has 0 saturated heterocycles. The Hall–Kier alpha value is -0.960. The van der Waals surface area contributed by atoms with Crippen molar-refractivity contribution in [1.29, 1.82) is 0 Å². The average molecular weight is 166 g/mol. The van der Waals surface area contributed by atoms with Crippen LogP contribution in [0, 0.1) is 0 Å². The van der Waals surface area contributed by atoms with Gasteiger partial charge in [-0.1, -0.05) is 6.08 Å². The first-order valence-electron chi connectivity index (χ1n) is 3.32. The smallest absolute Gasteiger partial charge is 0.0647 e. The molecule has 0 spiro atoms. The van der Waals surface area contributed by atoms with E-state index in [1.165, 1.54) is 0 Å². The van der Waals surface area contributed by atoms with Crippen molar-refractivity contribution in [2.45, 2.75) is 0 Å². The highest BCUT2D eigenvalue weighted by Crippen LogP contribution is 2.04. The Morgan fingerprint density at radius 1 is 1.64 bits per heavy atom. The lowest BCUT2D eigenvalue weighted by atomic mass is 10.3. The predicted octanol–water partition coefficient (Wildman–Crippen LogP) is 1.61. The third-order valence-electron chi connectivity index (χ3n) is 1.20. The lowest BCUT2D eigenvalue weighted by Gasteiger charge is -1.93. The molecule has 1 rings (SSSR count). The van der Waals surface area contributed by atoms with Crippen LogP contribution in [0.25, 0.3) is 6.08 Å². The van der Waals surface area contributed by atoms with Crippen LogP contribution < -0.4 is 5.73 Å². The van der Waals surface area contributed by atoms with Crippen LogP contribution >= 0.6 is 12.6 Å². The predicted molar refractivity (Wildman–Crippen MR) is 51.5 cm³/mol. The van der Waals surface area contributed by atoms with Crippen LogP contribution in [0.3, 0.4) is 0 Å². The van der Waals surface area contributed by atoms with Gasteiger partial charge < -0.3 is 5.73 Å². The quantitative estimate of drug-likeness (QED) is 0.655. The third-order valence-corrected chi connectivity index (χ3v) is 1.41. The summed E-state index contributed by atoms with van der Waals surface area (Å²) in [4.78, 5) is 4.08. The number of thiol groups is 1. The summed E-state index contributed by atoms with van der Waals surface area (Å²) < 4.78 is 0. The van der Waals surface area contributed by atoms with Crippen molar-refractivity contribution in [3.63, 3.8) is 0 Å². The fraction of sp³-hybridized carbons (Fsp3) is 0.125. The largest absolute Gasteiger partial charge is 0.399 e. The van der Waals surface area contributed by atoms with Gasteiger partial charge in [-0.2, -0.15) is 12.6 Å². The van der Waals surface area contributed by atoms with Gasteiger partial charge in [0.25, 0.3) is 0 Å². The van der Waals surface area contributed by atoms with Crippen LogP contribution in [0.1, 0.15) is 5.69 Å². The molecule has 1 aromatic heterocycles. The topological polar surface area (TPSA) is 38.9 Å². The summed E-state index contributed by atoms with van der Waals surface area (Å²) in [5, 5.41) is 0. The van der Waals surface area contributed by atoms with Gasteiger partial charge in [0.15, 0.2) is 0 Å². The minimum atomic E-state index is 0.719. The molecule has 0 amide bonds. The van der Waals surface area contributed by atoms with Gasteiger partial charge in [-0.3, -0.25) is 4.98 Å². The molecule has 0 aromatic carbocycles. The number of nitrogens with zero attached hydrogens (tertiary/aromatic N) is 1. The van der Waals surface area contributed by atoms with Crippen molar-refractivity contribution in [2.75, 3.05) is 11.5 Å². The van der Waals surface area contributed by atoms with Crippen LogP contribution in [0.15, 0.2) is 24.4 Å². The Bertz CT molecular complexity index is 258. The first-order valence-corrected chi connectivity index (χ1v) is 3.95. The molecule has 1 heterocycles. The van der Waals surface area contributed by atoms with Crippen molar-refractivity contribution < 1.29 is 0 Å². The minimum absolute atomic E-state index is 0.719. The first kappa shape index (κ1) is 8.14. The molecular weight excluding hydrogens is 156 g/mol. The Balaban J connectivity index is 2.79. The molecule has 58 valence electrons. The van der Waals surface area contributed by atoms with Crippen LogP contribution in [-0.2, 0) is 0 Å². The molecule has 0 aliphatic rings. The molecule has 0 aliphatic carbocycles. The van der Waals surface area contributed by atoms with Gasteiger partial charge in [0.2, 0.25) is 0 Å². The van der Waals surface area contributed by atoms with Gasteiger partial charge in [-0.15, -0.1) is 0 Å². The van der Waals surface area contributed by atoms with Crippen molar-refractivity contribution in [2.24, 2.45) is 0 Å². The third kappa shape index (κ3) is 2.63. The van der Waals surface area contributed by atoms with Gasteiger partial charge in [0.1, 0.15) is 0 Å². The number of rotatable bonds is 2. The van der Waals surface area contributed by atoms with Crippen LogP contribution in [-0.4, -0.2) is 10.7 Å². The number of anilines is 1. The highest BCUT2D eigenvalue weighted by Gasteiger charge is 1.87. The molecule has 0 unspecified atom stereocenters. The Kier molecular flexibility index (Phi) is 2.98. The fourth-order valence-corrected chi connectivity index (χ4v) is 0.836. The first-order chi connectivity index (χ1) is 5.33. The summed E-state index contributed by atoms with van der Waals surface area (Å²) in [7, 11) is 0. The lowest BCUT2D eigenvalue weighted by Crippen LogP contribution is -1.86. The van der Waals surface area contributed by atoms with Gasteiger partial charge >= 0.3 is 0 Å². The fourth-order valence-electron chi connectivity index (χ4n) is 0.730. The number of pyridine rings is 1. The van der Waals surface area contributed by atoms with Crippen LogP contribution in [0.4, 0.5) is 5.69 Å². The highest BCUT2D eigenvalue weighted by atomic mass is 32.1. The van der Waals surface area contributed by atoms with E-state index in [-0.39, 0.29) is 0 Å². The van der Waals surface area contributed by atoms with Gasteiger partial charge in [0, 0.05) is 17.6 Å². The monoisotopic (exact) mass is 166 g/mol.